The molecule has 0 unspecified atom stereocenters. The van der Waals surface area contributed by atoms with Crippen molar-refractivity contribution < 1.29 is 17.7 Å². The van der Waals surface area contributed by atoms with E-state index in [1.165, 1.54) is 12.1 Å². The van der Waals surface area contributed by atoms with Crippen molar-refractivity contribution in [3.05, 3.63) is 104 Å². The van der Waals surface area contributed by atoms with Crippen LogP contribution in [-0.2, 0) is 27.8 Å². The van der Waals surface area contributed by atoms with Crippen LogP contribution in [0.3, 0.4) is 0 Å². The number of carbonyl (C=O) groups excluding carboxylic acids is 1. The Bertz CT molecular complexity index is 1560. The molecule has 0 bridgehead atoms. The summed E-state index contributed by atoms with van der Waals surface area (Å²) in [5.74, 6) is 0.805. The summed E-state index contributed by atoms with van der Waals surface area (Å²) in [6, 6.07) is 18.2. The molecule has 0 radical (unpaired) electrons. The zero-order valence-electron chi connectivity index (χ0n) is 21.1. The average molecular weight is 652 g/mol. The lowest BCUT2D eigenvalue weighted by Crippen LogP contribution is -2.37. The van der Waals surface area contributed by atoms with Gasteiger partial charge in [-0.15, -0.1) is 0 Å². The highest BCUT2D eigenvalue weighted by molar-refractivity contribution is 9.10. The van der Waals surface area contributed by atoms with Crippen molar-refractivity contribution in [2.75, 3.05) is 11.9 Å². The highest BCUT2D eigenvalue weighted by Crippen LogP contribution is 2.26. The second-order valence-corrected chi connectivity index (χ2v) is 12.8. The van der Waals surface area contributed by atoms with Crippen LogP contribution < -0.4 is 5.32 Å². The first kappa shape index (κ1) is 29.2. The Morgan fingerprint density at radius 1 is 1.00 bits per heavy atom. The SMILES string of the molecule is CC(C)c1nc(Cc2ccc(NC(=O)CN(Cc3ccc(Cl)c(Cl)c3)S(=O)(=O)c3ccc(Br)cc3)cc2)no1. The van der Waals surface area contributed by atoms with Crippen molar-refractivity contribution in [1.29, 1.82) is 0 Å². The molecule has 0 aliphatic rings. The average Bonchev–Trinajstić information content (AvgIpc) is 3.36. The molecule has 0 aliphatic heterocycles. The minimum atomic E-state index is -4.02. The van der Waals surface area contributed by atoms with Gasteiger partial charge in [0.05, 0.1) is 21.5 Å². The third-order valence-electron chi connectivity index (χ3n) is 5.69. The molecular formula is C27H25BrCl2N4O4S. The van der Waals surface area contributed by atoms with Crippen LogP contribution in [0.2, 0.25) is 10.0 Å². The smallest absolute Gasteiger partial charge is 0.243 e. The van der Waals surface area contributed by atoms with Crippen LogP contribution in [0.25, 0.3) is 0 Å². The van der Waals surface area contributed by atoms with Crippen molar-refractivity contribution >= 4 is 60.7 Å². The molecule has 1 N–H and O–H groups in total. The number of anilines is 1. The van der Waals surface area contributed by atoms with E-state index in [4.69, 9.17) is 27.7 Å². The molecule has 1 heterocycles. The Morgan fingerprint density at radius 3 is 2.28 bits per heavy atom. The fourth-order valence-electron chi connectivity index (χ4n) is 3.65. The predicted octanol–water partition coefficient (Wildman–Crippen LogP) is 6.68. The fourth-order valence-corrected chi connectivity index (χ4v) is 5.62. The number of amides is 1. The molecule has 0 aliphatic carbocycles. The van der Waals surface area contributed by atoms with Gasteiger partial charge in [-0.25, -0.2) is 8.42 Å². The predicted molar refractivity (Wildman–Crippen MR) is 154 cm³/mol. The molecule has 0 fully saturated rings. The second kappa shape index (κ2) is 12.6. The quantitative estimate of drug-likeness (QED) is 0.205. The zero-order chi connectivity index (χ0) is 28.2. The van der Waals surface area contributed by atoms with Gasteiger partial charge in [-0.1, -0.05) is 76.3 Å². The number of aromatic nitrogens is 2. The molecule has 1 amide bonds. The summed E-state index contributed by atoms with van der Waals surface area (Å²) in [7, 11) is -4.02. The zero-order valence-corrected chi connectivity index (χ0v) is 25.0. The van der Waals surface area contributed by atoms with Crippen molar-refractivity contribution in [2.24, 2.45) is 0 Å². The number of nitrogens with zero attached hydrogens (tertiary/aromatic N) is 3. The van der Waals surface area contributed by atoms with E-state index in [1.807, 2.05) is 26.0 Å². The molecule has 0 spiro atoms. The standard InChI is InChI=1S/C27H25BrCl2N4O4S/c1-17(2)27-32-25(33-38-27)14-18-3-8-21(9-4-18)31-26(35)16-34(15-19-5-12-23(29)24(30)13-19)39(36,37)22-10-6-20(28)7-11-22/h3-13,17H,14-16H2,1-2H3,(H,31,35). The molecule has 0 saturated heterocycles. The minimum absolute atomic E-state index is 0.0602. The number of benzene rings is 3. The van der Waals surface area contributed by atoms with Crippen LogP contribution in [0.1, 0.15) is 42.6 Å². The van der Waals surface area contributed by atoms with Gasteiger partial charge in [0.1, 0.15) is 0 Å². The molecule has 0 saturated carbocycles. The van der Waals surface area contributed by atoms with Gasteiger partial charge in [0.25, 0.3) is 0 Å². The van der Waals surface area contributed by atoms with E-state index in [0.717, 1.165) is 14.3 Å². The number of sulfonamides is 1. The lowest BCUT2D eigenvalue weighted by Gasteiger charge is -2.22. The Labute approximate surface area is 245 Å². The molecule has 1 aromatic heterocycles. The molecule has 12 heteroatoms. The van der Waals surface area contributed by atoms with Crippen LogP contribution >= 0.6 is 39.1 Å². The molecule has 3 aromatic carbocycles. The van der Waals surface area contributed by atoms with E-state index in [-0.39, 0.29) is 17.4 Å². The van der Waals surface area contributed by atoms with Crippen molar-refractivity contribution in [1.82, 2.24) is 14.4 Å². The normalized spacial score (nSPS) is 11.8. The fraction of sp³-hybridized carbons (Fsp3) is 0.222. The van der Waals surface area contributed by atoms with Gasteiger partial charge in [0.2, 0.25) is 21.8 Å². The van der Waals surface area contributed by atoms with E-state index in [0.29, 0.717) is 39.4 Å². The van der Waals surface area contributed by atoms with E-state index in [1.54, 1.807) is 42.5 Å². The molecule has 4 rings (SSSR count). The molecular weight excluding hydrogens is 627 g/mol. The summed E-state index contributed by atoms with van der Waals surface area (Å²) in [5.41, 5.74) is 2.04. The summed E-state index contributed by atoms with van der Waals surface area (Å²) in [6.45, 7) is 3.46. The minimum Gasteiger partial charge on any atom is -0.339 e. The molecule has 4 aromatic rings. The first-order valence-corrected chi connectivity index (χ1v) is 14.9. The number of rotatable bonds is 10. The number of hydrogen-bond donors (Lipinski definition) is 1. The van der Waals surface area contributed by atoms with Crippen LogP contribution in [0, 0.1) is 0 Å². The van der Waals surface area contributed by atoms with Gasteiger partial charge < -0.3 is 9.84 Å². The van der Waals surface area contributed by atoms with Crippen molar-refractivity contribution in [3.63, 3.8) is 0 Å². The summed E-state index contributed by atoms with van der Waals surface area (Å²) >= 11 is 15.5. The maximum Gasteiger partial charge on any atom is 0.243 e. The number of carbonyl (C=O) groups is 1. The monoisotopic (exact) mass is 650 g/mol. The van der Waals surface area contributed by atoms with Gasteiger partial charge in [-0.05, 0) is 59.7 Å². The van der Waals surface area contributed by atoms with E-state index in [2.05, 4.69) is 31.4 Å². The Balaban J connectivity index is 1.49. The Kier molecular flexibility index (Phi) is 9.45. The van der Waals surface area contributed by atoms with Gasteiger partial charge in [0.15, 0.2) is 5.82 Å². The highest BCUT2D eigenvalue weighted by Gasteiger charge is 2.27. The van der Waals surface area contributed by atoms with E-state index >= 15 is 0 Å². The summed E-state index contributed by atoms with van der Waals surface area (Å²) < 4.78 is 34.1. The molecule has 204 valence electrons. The summed E-state index contributed by atoms with van der Waals surface area (Å²) in [4.78, 5) is 17.4. The first-order valence-electron chi connectivity index (χ1n) is 11.9. The number of halogens is 3. The van der Waals surface area contributed by atoms with E-state index in [9.17, 15) is 13.2 Å². The van der Waals surface area contributed by atoms with Gasteiger partial charge >= 0.3 is 0 Å². The van der Waals surface area contributed by atoms with Crippen molar-refractivity contribution in [2.45, 2.75) is 37.6 Å². The van der Waals surface area contributed by atoms with Gasteiger partial charge in [0, 0.05) is 29.0 Å². The van der Waals surface area contributed by atoms with Crippen LogP contribution in [0.4, 0.5) is 5.69 Å². The number of nitrogens with one attached hydrogen (secondary N) is 1. The van der Waals surface area contributed by atoms with E-state index < -0.39 is 22.5 Å². The first-order chi connectivity index (χ1) is 18.5. The van der Waals surface area contributed by atoms with Gasteiger partial charge in [-0.3, -0.25) is 4.79 Å². The maximum atomic E-state index is 13.5. The third kappa shape index (κ3) is 7.67. The second-order valence-electron chi connectivity index (χ2n) is 9.10. The maximum absolute atomic E-state index is 13.5. The Morgan fingerprint density at radius 2 is 1.67 bits per heavy atom. The van der Waals surface area contributed by atoms with Crippen molar-refractivity contribution in [3.8, 4) is 0 Å². The number of hydrogen-bond acceptors (Lipinski definition) is 6. The Hall–Kier alpha value is -2.76. The topological polar surface area (TPSA) is 105 Å². The molecule has 8 nitrogen and oxygen atoms in total. The van der Waals surface area contributed by atoms with Gasteiger partial charge in [-0.2, -0.15) is 9.29 Å². The summed E-state index contributed by atoms with van der Waals surface area (Å²) in [5, 5.41) is 7.41. The third-order valence-corrected chi connectivity index (χ3v) is 8.77. The summed E-state index contributed by atoms with van der Waals surface area (Å²) in [6.07, 6.45) is 0.479. The van der Waals surface area contributed by atoms with Crippen LogP contribution in [0.15, 0.2) is 80.6 Å². The lowest BCUT2D eigenvalue weighted by atomic mass is 10.1. The largest absolute Gasteiger partial charge is 0.339 e. The highest BCUT2D eigenvalue weighted by atomic mass is 79.9. The molecule has 39 heavy (non-hydrogen) atoms. The van der Waals surface area contributed by atoms with Crippen LogP contribution in [0.5, 0.6) is 0 Å². The lowest BCUT2D eigenvalue weighted by molar-refractivity contribution is -0.116. The molecule has 0 atom stereocenters. The van der Waals surface area contributed by atoms with Crippen LogP contribution in [-0.4, -0.2) is 35.3 Å².